The summed E-state index contributed by atoms with van der Waals surface area (Å²) in [6.07, 6.45) is 2.59. The first-order chi connectivity index (χ1) is 11.1. The van der Waals surface area contributed by atoms with Crippen molar-refractivity contribution in [1.82, 2.24) is 4.90 Å². The third-order valence-electron chi connectivity index (χ3n) is 3.41. The zero-order valence-corrected chi connectivity index (χ0v) is 15.8. The molecule has 0 N–H and O–H groups in total. The maximum atomic E-state index is 12.8. The second kappa shape index (κ2) is 10.4. The van der Waals surface area contributed by atoms with Gasteiger partial charge in [-0.25, -0.2) is 4.79 Å². The number of nitrogens with zero attached hydrogens (tertiary/aromatic N) is 1. The van der Waals surface area contributed by atoms with Crippen LogP contribution in [0.1, 0.15) is 59.9 Å². The summed E-state index contributed by atoms with van der Waals surface area (Å²) in [5, 5.41) is 0.778. The molecule has 1 rings (SSSR count). The molecule has 0 aromatic heterocycles. The average Bonchev–Trinajstić information content (AvgIpc) is 2.54. The molecule has 0 aliphatic carbocycles. The number of hydrogen-bond acceptors (Lipinski definition) is 3. The van der Waals surface area contributed by atoms with Crippen LogP contribution in [0.15, 0.2) is 18.2 Å². The SMILES string of the molecule is CCCN(CCC)C(=O)c1cc(CCBr)cc(C(=O)OCC)c1. The quantitative estimate of drug-likeness (QED) is 0.477. The molecule has 0 atom stereocenters. The Morgan fingerprint density at radius 2 is 1.65 bits per heavy atom. The van der Waals surface area contributed by atoms with Crippen LogP contribution in [0.3, 0.4) is 0 Å². The van der Waals surface area contributed by atoms with Gasteiger partial charge in [-0.05, 0) is 49.9 Å². The van der Waals surface area contributed by atoms with Crippen molar-refractivity contribution in [2.24, 2.45) is 0 Å². The van der Waals surface area contributed by atoms with Crippen molar-refractivity contribution >= 4 is 27.8 Å². The van der Waals surface area contributed by atoms with Crippen molar-refractivity contribution in [2.45, 2.75) is 40.0 Å². The Kier molecular flexibility index (Phi) is 8.92. The van der Waals surface area contributed by atoms with Gasteiger partial charge in [0.15, 0.2) is 0 Å². The molecule has 1 amide bonds. The fourth-order valence-electron chi connectivity index (χ4n) is 2.44. The van der Waals surface area contributed by atoms with Crippen molar-refractivity contribution < 1.29 is 14.3 Å². The van der Waals surface area contributed by atoms with Crippen LogP contribution in [0, 0.1) is 0 Å². The average molecular weight is 384 g/mol. The first-order valence-electron chi connectivity index (χ1n) is 8.23. The molecule has 0 aliphatic rings. The number of hydrogen-bond donors (Lipinski definition) is 0. The molecule has 0 radical (unpaired) electrons. The van der Waals surface area contributed by atoms with Crippen molar-refractivity contribution in [3.8, 4) is 0 Å². The fraction of sp³-hybridized carbons (Fsp3) is 0.556. The minimum Gasteiger partial charge on any atom is -0.462 e. The molecule has 1 aromatic rings. The van der Waals surface area contributed by atoms with Crippen molar-refractivity contribution in [2.75, 3.05) is 25.0 Å². The highest BCUT2D eigenvalue weighted by Crippen LogP contribution is 2.16. The van der Waals surface area contributed by atoms with E-state index in [0.717, 1.165) is 43.2 Å². The molecule has 0 fully saturated rings. The molecule has 4 nitrogen and oxygen atoms in total. The smallest absolute Gasteiger partial charge is 0.338 e. The van der Waals surface area contributed by atoms with E-state index in [9.17, 15) is 9.59 Å². The highest BCUT2D eigenvalue weighted by Gasteiger charge is 2.18. The summed E-state index contributed by atoms with van der Waals surface area (Å²) in [4.78, 5) is 26.7. The number of carbonyl (C=O) groups is 2. The lowest BCUT2D eigenvalue weighted by molar-refractivity contribution is 0.0526. The van der Waals surface area contributed by atoms with Crippen LogP contribution in [0.5, 0.6) is 0 Å². The van der Waals surface area contributed by atoms with E-state index in [2.05, 4.69) is 29.8 Å². The second-order valence-corrected chi connectivity index (χ2v) is 6.16. The van der Waals surface area contributed by atoms with E-state index in [4.69, 9.17) is 4.74 Å². The molecule has 23 heavy (non-hydrogen) atoms. The lowest BCUT2D eigenvalue weighted by Crippen LogP contribution is -2.32. The minimum atomic E-state index is -0.379. The minimum absolute atomic E-state index is 0.0179. The van der Waals surface area contributed by atoms with Gasteiger partial charge >= 0.3 is 5.97 Å². The topological polar surface area (TPSA) is 46.6 Å². The predicted octanol–water partition coefficient (Wildman–Crippen LogP) is 4.06. The maximum Gasteiger partial charge on any atom is 0.338 e. The molecule has 1 aromatic carbocycles. The van der Waals surface area contributed by atoms with Crippen LogP contribution in [0.4, 0.5) is 0 Å². The van der Waals surface area contributed by atoms with Crippen LogP contribution >= 0.6 is 15.9 Å². The van der Waals surface area contributed by atoms with E-state index in [1.54, 1.807) is 19.1 Å². The maximum absolute atomic E-state index is 12.8. The molecule has 0 bridgehead atoms. The number of benzene rings is 1. The summed E-state index contributed by atoms with van der Waals surface area (Å²) in [6.45, 7) is 7.66. The molecule has 0 unspecified atom stereocenters. The summed E-state index contributed by atoms with van der Waals surface area (Å²) in [5.74, 6) is -0.397. The van der Waals surface area contributed by atoms with E-state index in [1.165, 1.54) is 0 Å². The van der Waals surface area contributed by atoms with E-state index in [0.29, 0.717) is 17.7 Å². The van der Waals surface area contributed by atoms with Gasteiger partial charge in [0.1, 0.15) is 0 Å². The number of esters is 1. The van der Waals surface area contributed by atoms with Gasteiger partial charge in [-0.15, -0.1) is 0 Å². The number of rotatable bonds is 9. The van der Waals surface area contributed by atoms with E-state index < -0.39 is 0 Å². The van der Waals surface area contributed by atoms with E-state index >= 15 is 0 Å². The summed E-state index contributed by atoms with van der Waals surface area (Å²) >= 11 is 3.41. The van der Waals surface area contributed by atoms with E-state index in [1.807, 2.05) is 11.0 Å². The molecule has 0 saturated heterocycles. The van der Waals surface area contributed by atoms with Gasteiger partial charge in [0.25, 0.3) is 5.91 Å². The highest BCUT2D eigenvalue weighted by atomic mass is 79.9. The summed E-state index contributed by atoms with van der Waals surface area (Å²) in [6, 6.07) is 5.33. The monoisotopic (exact) mass is 383 g/mol. The largest absolute Gasteiger partial charge is 0.462 e. The standard InChI is InChI=1S/C18H26BrNO3/c1-4-9-20(10-5-2)17(21)15-11-14(7-8-19)12-16(13-15)18(22)23-6-3/h11-13H,4-10H2,1-3H3. The number of carbonyl (C=O) groups excluding carboxylic acids is 2. The van der Waals surface area contributed by atoms with Crippen molar-refractivity contribution in [3.63, 3.8) is 0 Å². The molecule has 0 saturated carbocycles. The molecule has 128 valence electrons. The molecule has 0 spiro atoms. The van der Waals surface area contributed by atoms with Crippen LogP contribution in [-0.4, -0.2) is 41.8 Å². The van der Waals surface area contributed by atoms with Crippen molar-refractivity contribution in [1.29, 1.82) is 0 Å². The van der Waals surface area contributed by atoms with Crippen LogP contribution < -0.4 is 0 Å². The summed E-state index contributed by atoms with van der Waals surface area (Å²) < 4.78 is 5.08. The highest BCUT2D eigenvalue weighted by molar-refractivity contribution is 9.09. The molecule has 0 aliphatic heterocycles. The molecule has 0 heterocycles. The molecule has 5 heteroatoms. The number of amides is 1. The number of halogens is 1. The number of alkyl halides is 1. The molecular weight excluding hydrogens is 358 g/mol. The van der Waals surface area contributed by atoms with Gasteiger partial charge in [0.05, 0.1) is 12.2 Å². The Hall–Kier alpha value is -1.36. The third kappa shape index (κ3) is 5.98. The first kappa shape index (κ1) is 19.7. The Balaban J connectivity index is 3.16. The fourth-order valence-corrected chi connectivity index (χ4v) is 2.90. The second-order valence-electron chi connectivity index (χ2n) is 5.37. The first-order valence-corrected chi connectivity index (χ1v) is 9.35. The van der Waals surface area contributed by atoms with Crippen LogP contribution in [0.2, 0.25) is 0 Å². The number of aryl methyl sites for hydroxylation is 1. The van der Waals surface area contributed by atoms with Gasteiger partial charge < -0.3 is 9.64 Å². The number of ether oxygens (including phenoxy) is 1. The van der Waals surface area contributed by atoms with Crippen LogP contribution in [0.25, 0.3) is 0 Å². The van der Waals surface area contributed by atoms with Gasteiger partial charge in [0.2, 0.25) is 0 Å². The van der Waals surface area contributed by atoms with Gasteiger partial charge in [-0.3, -0.25) is 4.79 Å². The molecular formula is C18H26BrNO3. The zero-order valence-electron chi connectivity index (χ0n) is 14.2. The Morgan fingerprint density at radius 1 is 1.04 bits per heavy atom. The van der Waals surface area contributed by atoms with Crippen LogP contribution in [-0.2, 0) is 11.2 Å². The lowest BCUT2D eigenvalue weighted by atomic mass is 10.0. The Labute approximate surface area is 147 Å². The normalized spacial score (nSPS) is 10.4. The van der Waals surface area contributed by atoms with Gasteiger partial charge in [-0.1, -0.05) is 29.8 Å². The van der Waals surface area contributed by atoms with Crippen molar-refractivity contribution in [3.05, 3.63) is 34.9 Å². The Bertz CT molecular complexity index is 525. The predicted molar refractivity (Wildman–Crippen MR) is 96.4 cm³/mol. The summed E-state index contributed by atoms with van der Waals surface area (Å²) in [7, 11) is 0. The lowest BCUT2D eigenvalue weighted by Gasteiger charge is -2.22. The van der Waals surface area contributed by atoms with E-state index in [-0.39, 0.29) is 11.9 Å². The third-order valence-corrected chi connectivity index (χ3v) is 3.80. The Morgan fingerprint density at radius 3 is 2.17 bits per heavy atom. The summed E-state index contributed by atoms with van der Waals surface area (Å²) in [5.41, 5.74) is 1.97. The zero-order chi connectivity index (χ0) is 17.2. The van der Waals surface area contributed by atoms with Gasteiger partial charge in [0, 0.05) is 24.0 Å². The van der Waals surface area contributed by atoms with Gasteiger partial charge in [-0.2, -0.15) is 0 Å².